The van der Waals surface area contributed by atoms with E-state index in [-0.39, 0.29) is 11.0 Å². The monoisotopic (exact) mass is 339 g/mol. The fraction of sp³-hybridized carbons (Fsp3) is 0.400. The van der Waals surface area contributed by atoms with Crippen molar-refractivity contribution in [2.24, 2.45) is 0 Å². The summed E-state index contributed by atoms with van der Waals surface area (Å²) in [6.45, 7) is 1.32. The summed E-state index contributed by atoms with van der Waals surface area (Å²) in [5.41, 5.74) is 0.295. The summed E-state index contributed by atoms with van der Waals surface area (Å²) in [6, 6.07) is 5.24. The number of nitrogens with one attached hydrogen (secondary N) is 1. The maximum Gasteiger partial charge on any atom is 0.264 e. The molecule has 1 aliphatic heterocycles. The highest BCUT2D eigenvalue weighted by Crippen LogP contribution is 2.19. The molecular weight excluding hydrogens is 321 g/mol. The highest BCUT2D eigenvalue weighted by Gasteiger charge is 2.20. The van der Waals surface area contributed by atoms with Gasteiger partial charge in [0.05, 0.1) is 24.5 Å². The predicted octanol–water partition coefficient (Wildman–Crippen LogP) is 2.39. The molecule has 23 heavy (non-hydrogen) atoms. The molecule has 0 aliphatic carbocycles. The minimum absolute atomic E-state index is 0.0969. The van der Waals surface area contributed by atoms with Crippen LogP contribution in [0.15, 0.2) is 41.6 Å². The molecule has 124 valence electrons. The number of ether oxygens (including phenoxy) is 1. The van der Waals surface area contributed by atoms with Gasteiger partial charge in [0.1, 0.15) is 10.7 Å². The first kappa shape index (κ1) is 15.9. The van der Waals surface area contributed by atoms with Gasteiger partial charge in [-0.25, -0.2) is 12.8 Å². The van der Waals surface area contributed by atoms with E-state index in [0.717, 1.165) is 31.9 Å². The second-order valence-electron chi connectivity index (χ2n) is 5.48. The van der Waals surface area contributed by atoms with Gasteiger partial charge in [0, 0.05) is 12.8 Å². The Kier molecular flexibility index (Phi) is 4.63. The summed E-state index contributed by atoms with van der Waals surface area (Å²) in [5, 5.41) is 4.13. The molecule has 1 atom stereocenters. The minimum Gasteiger partial charge on any atom is -0.376 e. The minimum atomic E-state index is -3.97. The molecule has 1 unspecified atom stereocenters. The van der Waals surface area contributed by atoms with Crippen LogP contribution in [0.25, 0.3) is 0 Å². The van der Waals surface area contributed by atoms with Crippen LogP contribution in [0.5, 0.6) is 0 Å². The summed E-state index contributed by atoms with van der Waals surface area (Å²) < 4.78 is 47.7. The van der Waals surface area contributed by atoms with Gasteiger partial charge in [-0.2, -0.15) is 5.10 Å². The third kappa shape index (κ3) is 3.89. The normalized spacial score (nSPS) is 18.7. The molecule has 0 saturated carbocycles. The van der Waals surface area contributed by atoms with Gasteiger partial charge in [-0.1, -0.05) is 12.1 Å². The molecule has 1 aliphatic rings. The first-order valence-corrected chi connectivity index (χ1v) is 8.94. The quantitative estimate of drug-likeness (QED) is 0.908. The Morgan fingerprint density at radius 3 is 2.91 bits per heavy atom. The predicted molar refractivity (Wildman–Crippen MR) is 83.0 cm³/mol. The molecule has 0 spiro atoms. The molecule has 2 aromatic rings. The van der Waals surface area contributed by atoms with E-state index in [4.69, 9.17) is 4.74 Å². The Hall–Kier alpha value is -1.93. The van der Waals surface area contributed by atoms with E-state index < -0.39 is 15.8 Å². The number of halogens is 1. The molecule has 0 bridgehead atoms. The first-order valence-electron chi connectivity index (χ1n) is 7.46. The number of nitrogens with zero attached hydrogens (tertiary/aromatic N) is 2. The van der Waals surface area contributed by atoms with Crippen LogP contribution in [0.3, 0.4) is 0 Å². The van der Waals surface area contributed by atoms with Crippen LogP contribution in [0.4, 0.5) is 10.1 Å². The summed E-state index contributed by atoms with van der Waals surface area (Å²) >= 11 is 0. The van der Waals surface area contributed by atoms with Crippen molar-refractivity contribution < 1.29 is 17.5 Å². The number of rotatable bonds is 5. The largest absolute Gasteiger partial charge is 0.376 e. The number of benzene rings is 1. The van der Waals surface area contributed by atoms with Crippen LogP contribution < -0.4 is 4.72 Å². The molecule has 0 amide bonds. The molecule has 1 N–H and O–H groups in total. The van der Waals surface area contributed by atoms with Crippen LogP contribution in [0, 0.1) is 5.82 Å². The highest BCUT2D eigenvalue weighted by molar-refractivity contribution is 7.92. The molecule has 1 aromatic carbocycles. The van der Waals surface area contributed by atoms with Gasteiger partial charge in [-0.3, -0.25) is 9.40 Å². The second-order valence-corrected chi connectivity index (χ2v) is 7.13. The number of aromatic nitrogens is 2. The Morgan fingerprint density at radius 1 is 1.35 bits per heavy atom. The van der Waals surface area contributed by atoms with Gasteiger partial charge in [0.25, 0.3) is 10.0 Å². The molecule has 1 aromatic heterocycles. The van der Waals surface area contributed by atoms with Gasteiger partial charge >= 0.3 is 0 Å². The van der Waals surface area contributed by atoms with Crippen molar-refractivity contribution in [2.75, 3.05) is 11.3 Å². The second kappa shape index (κ2) is 6.67. The molecule has 8 heteroatoms. The zero-order chi connectivity index (χ0) is 16.3. The third-order valence-corrected chi connectivity index (χ3v) is 5.09. The van der Waals surface area contributed by atoms with Gasteiger partial charge < -0.3 is 4.74 Å². The Labute approximate surface area is 134 Å². The van der Waals surface area contributed by atoms with Gasteiger partial charge in [-0.05, 0) is 31.4 Å². The Bertz CT molecular complexity index is 770. The summed E-state index contributed by atoms with van der Waals surface area (Å²) in [7, 11) is -3.97. The lowest BCUT2D eigenvalue weighted by atomic mass is 10.1. The fourth-order valence-corrected chi connectivity index (χ4v) is 3.66. The number of hydrogen-bond acceptors (Lipinski definition) is 4. The van der Waals surface area contributed by atoms with E-state index in [1.807, 2.05) is 0 Å². The maximum atomic E-state index is 13.6. The molecule has 3 rings (SSSR count). The topological polar surface area (TPSA) is 73.2 Å². The average molecular weight is 339 g/mol. The summed E-state index contributed by atoms with van der Waals surface area (Å²) in [6.07, 6.45) is 6.25. The number of hydrogen-bond donors (Lipinski definition) is 1. The van der Waals surface area contributed by atoms with Crippen LogP contribution in [-0.2, 0) is 21.3 Å². The van der Waals surface area contributed by atoms with Crippen LogP contribution in [-0.4, -0.2) is 30.9 Å². The highest BCUT2D eigenvalue weighted by atomic mass is 32.2. The van der Waals surface area contributed by atoms with E-state index in [0.29, 0.717) is 12.2 Å². The SMILES string of the molecule is O=S(=O)(Nc1cnn(CC2CCCCO2)c1)c1ccccc1F. The zero-order valence-corrected chi connectivity index (χ0v) is 13.3. The zero-order valence-electron chi connectivity index (χ0n) is 12.5. The van der Waals surface area contributed by atoms with Crippen molar-refractivity contribution in [2.45, 2.75) is 36.8 Å². The molecular formula is C15H18FN3O3S. The third-order valence-electron chi connectivity index (χ3n) is 3.68. The van der Waals surface area contributed by atoms with Gasteiger partial charge in [0.15, 0.2) is 0 Å². The van der Waals surface area contributed by atoms with Crippen molar-refractivity contribution in [3.63, 3.8) is 0 Å². The van der Waals surface area contributed by atoms with E-state index in [1.165, 1.54) is 24.4 Å². The van der Waals surface area contributed by atoms with Crippen molar-refractivity contribution in [3.05, 3.63) is 42.5 Å². The summed E-state index contributed by atoms with van der Waals surface area (Å²) in [4.78, 5) is -0.386. The molecule has 6 nitrogen and oxygen atoms in total. The lowest BCUT2D eigenvalue weighted by Crippen LogP contribution is -2.24. The number of sulfonamides is 1. The Balaban J connectivity index is 1.70. The van der Waals surface area contributed by atoms with E-state index in [1.54, 1.807) is 10.9 Å². The molecule has 0 radical (unpaired) electrons. The van der Waals surface area contributed by atoms with Crippen molar-refractivity contribution in [3.8, 4) is 0 Å². The fourth-order valence-electron chi connectivity index (χ4n) is 2.55. The van der Waals surface area contributed by atoms with E-state index in [2.05, 4.69) is 9.82 Å². The van der Waals surface area contributed by atoms with Gasteiger partial charge in [-0.15, -0.1) is 0 Å². The van der Waals surface area contributed by atoms with Crippen molar-refractivity contribution in [1.82, 2.24) is 9.78 Å². The van der Waals surface area contributed by atoms with Crippen LogP contribution in [0.2, 0.25) is 0 Å². The van der Waals surface area contributed by atoms with E-state index in [9.17, 15) is 12.8 Å². The van der Waals surface area contributed by atoms with Crippen molar-refractivity contribution >= 4 is 15.7 Å². The molecule has 1 fully saturated rings. The van der Waals surface area contributed by atoms with Crippen LogP contribution >= 0.6 is 0 Å². The maximum absolute atomic E-state index is 13.6. The lowest BCUT2D eigenvalue weighted by molar-refractivity contribution is 0.00401. The lowest BCUT2D eigenvalue weighted by Gasteiger charge is -2.22. The average Bonchev–Trinajstić information content (AvgIpc) is 2.95. The van der Waals surface area contributed by atoms with Crippen LogP contribution in [0.1, 0.15) is 19.3 Å². The Morgan fingerprint density at radius 2 is 2.17 bits per heavy atom. The smallest absolute Gasteiger partial charge is 0.264 e. The van der Waals surface area contributed by atoms with E-state index >= 15 is 0 Å². The molecule has 2 heterocycles. The first-order chi connectivity index (χ1) is 11.0. The summed E-state index contributed by atoms with van der Waals surface area (Å²) in [5.74, 6) is -0.789. The standard InChI is InChI=1S/C15H18FN3O3S/c16-14-6-1-2-7-15(14)23(20,21)18-12-9-17-19(10-12)11-13-5-3-4-8-22-13/h1-2,6-7,9-10,13,18H,3-5,8,11H2. The molecule has 1 saturated heterocycles. The number of anilines is 1. The van der Waals surface area contributed by atoms with Gasteiger partial charge in [0.2, 0.25) is 0 Å². The van der Waals surface area contributed by atoms with Crippen molar-refractivity contribution in [1.29, 1.82) is 0 Å².